The van der Waals surface area contributed by atoms with Crippen molar-refractivity contribution in [2.24, 2.45) is 0 Å². The van der Waals surface area contributed by atoms with Gasteiger partial charge >= 0.3 is 0 Å². The average molecular weight is 327 g/mol. The molecule has 0 spiro atoms. The SMILES string of the molecule is CO[C@H]1O[C@@H]2CO[C@@H](c3cccc([N+](=O)[O-])c3)O[C@H]2[C@H](O)[C@H]1O. The van der Waals surface area contributed by atoms with Gasteiger partial charge in [-0.25, -0.2) is 0 Å². The van der Waals surface area contributed by atoms with E-state index in [-0.39, 0.29) is 12.3 Å². The van der Waals surface area contributed by atoms with Crippen molar-refractivity contribution in [2.45, 2.75) is 37.0 Å². The number of methoxy groups -OCH3 is 1. The van der Waals surface area contributed by atoms with Gasteiger partial charge in [0.25, 0.3) is 5.69 Å². The summed E-state index contributed by atoms with van der Waals surface area (Å²) in [6, 6.07) is 5.86. The fraction of sp³-hybridized carbons (Fsp3) is 0.571. The highest BCUT2D eigenvalue weighted by molar-refractivity contribution is 5.35. The number of nitrogens with zero attached hydrogens (tertiary/aromatic N) is 1. The minimum atomic E-state index is -1.26. The lowest BCUT2D eigenvalue weighted by Gasteiger charge is -2.45. The molecule has 1 aromatic rings. The number of fused-ring (bicyclic) bond motifs is 1. The molecule has 0 unspecified atom stereocenters. The summed E-state index contributed by atoms with van der Waals surface area (Å²) in [4.78, 5) is 10.3. The van der Waals surface area contributed by atoms with Crippen LogP contribution in [0.3, 0.4) is 0 Å². The quantitative estimate of drug-likeness (QED) is 0.592. The lowest BCUT2D eigenvalue weighted by molar-refractivity contribution is -0.385. The molecule has 0 aliphatic carbocycles. The van der Waals surface area contributed by atoms with Crippen molar-refractivity contribution in [1.82, 2.24) is 0 Å². The zero-order chi connectivity index (χ0) is 16.6. The standard InChI is InChI=1S/C14H17NO8/c1-20-14-11(17)10(16)12-9(22-14)6-21-13(23-12)7-3-2-4-8(5-7)15(18)19/h2-5,9-14,16-17H,6H2,1H3/t9-,10-,11-,12-,13-,14+/m1/s1. The Balaban J connectivity index is 1.77. The summed E-state index contributed by atoms with van der Waals surface area (Å²) in [6.07, 6.45) is -5.76. The number of benzene rings is 1. The number of aliphatic hydroxyl groups is 2. The maximum Gasteiger partial charge on any atom is 0.269 e. The van der Waals surface area contributed by atoms with Crippen LogP contribution in [0.15, 0.2) is 24.3 Å². The highest BCUT2D eigenvalue weighted by Crippen LogP contribution is 2.34. The third kappa shape index (κ3) is 3.07. The predicted molar refractivity (Wildman–Crippen MR) is 74.3 cm³/mol. The van der Waals surface area contributed by atoms with E-state index >= 15 is 0 Å². The molecule has 0 amide bonds. The second-order valence-corrected chi connectivity index (χ2v) is 5.38. The molecule has 2 fully saturated rings. The van der Waals surface area contributed by atoms with Gasteiger partial charge in [-0.3, -0.25) is 10.1 Å². The van der Waals surface area contributed by atoms with E-state index in [4.69, 9.17) is 18.9 Å². The molecule has 9 nitrogen and oxygen atoms in total. The predicted octanol–water partition coefficient (Wildman–Crippen LogP) is 0.102. The molecular formula is C14H17NO8. The van der Waals surface area contributed by atoms with E-state index in [0.29, 0.717) is 5.56 Å². The molecule has 126 valence electrons. The van der Waals surface area contributed by atoms with E-state index in [1.165, 1.54) is 25.3 Å². The van der Waals surface area contributed by atoms with Crippen LogP contribution < -0.4 is 0 Å². The molecule has 9 heteroatoms. The first-order valence-electron chi connectivity index (χ1n) is 7.07. The monoisotopic (exact) mass is 327 g/mol. The minimum absolute atomic E-state index is 0.0863. The van der Waals surface area contributed by atoms with Gasteiger partial charge in [-0.05, 0) is 0 Å². The fourth-order valence-electron chi connectivity index (χ4n) is 2.73. The van der Waals surface area contributed by atoms with Crippen LogP contribution in [-0.4, -0.2) is 59.6 Å². The van der Waals surface area contributed by atoms with Gasteiger partial charge < -0.3 is 29.2 Å². The molecule has 3 rings (SSSR count). The summed E-state index contributed by atoms with van der Waals surface area (Å²) < 4.78 is 21.6. The highest BCUT2D eigenvalue weighted by Gasteiger charge is 2.49. The van der Waals surface area contributed by atoms with Crippen LogP contribution in [0.4, 0.5) is 5.69 Å². The summed E-state index contributed by atoms with van der Waals surface area (Å²) in [5, 5.41) is 31.0. The van der Waals surface area contributed by atoms with Gasteiger partial charge in [0, 0.05) is 24.8 Å². The number of ether oxygens (including phenoxy) is 4. The van der Waals surface area contributed by atoms with Crippen molar-refractivity contribution in [3.63, 3.8) is 0 Å². The zero-order valence-corrected chi connectivity index (χ0v) is 12.3. The van der Waals surface area contributed by atoms with Crippen molar-refractivity contribution in [3.8, 4) is 0 Å². The normalized spacial score (nSPS) is 37.2. The van der Waals surface area contributed by atoms with E-state index in [9.17, 15) is 20.3 Å². The van der Waals surface area contributed by atoms with E-state index in [2.05, 4.69) is 0 Å². The van der Waals surface area contributed by atoms with Crippen LogP contribution >= 0.6 is 0 Å². The topological polar surface area (TPSA) is 121 Å². The van der Waals surface area contributed by atoms with Gasteiger partial charge in [0.05, 0.1) is 11.5 Å². The fourth-order valence-corrected chi connectivity index (χ4v) is 2.73. The molecular weight excluding hydrogens is 310 g/mol. The van der Waals surface area contributed by atoms with E-state index in [0.717, 1.165) is 0 Å². The average Bonchev–Trinajstić information content (AvgIpc) is 2.57. The molecule has 2 saturated heterocycles. The molecule has 23 heavy (non-hydrogen) atoms. The van der Waals surface area contributed by atoms with Gasteiger partial charge in [-0.2, -0.15) is 0 Å². The van der Waals surface area contributed by atoms with Crippen LogP contribution in [0.2, 0.25) is 0 Å². The van der Waals surface area contributed by atoms with Crippen molar-refractivity contribution < 1.29 is 34.1 Å². The lowest BCUT2D eigenvalue weighted by atomic mass is 9.98. The first kappa shape index (κ1) is 16.2. The molecule has 0 bridgehead atoms. The summed E-state index contributed by atoms with van der Waals surface area (Å²) in [6.45, 7) is 0.0989. The molecule has 0 aromatic heterocycles. The number of rotatable bonds is 3. The van der Waals surface area contributed by atoms with Gasteiger partial charge in [0.2, 0.25) is 0 Å². The number of aliphatic hydroxyl groups excluding tert-OH is 2. The summed E-state index contributed by atoms with van der Waals surface area (Å²) >= 11 is 0. The molecule has 2 aliphatic rings. The first-order valence-corrected chi connectivity index (χ1v) is 7.07. The van der Waals surface area contributed by atoms with Gasteiger partial charge in [0.1, 0.15) is 24.4 Å². The molecule has 0 radical (unpaired) electrons. The number of hydrogen-bond donors (Lipinski definition) is 2. The van der Waals surface area contributed by atoms with Crippen LogP contribution in [0, 0.1) is 10.1 Å². The third-order valence-electron chi connectivity index (χ3n) is 3.92. The van der Waals surface area contributed by atoms with Gasteiger partial charge in [-0.15, -0.1) is 0 Å². The second-order valence-electron chi connectivity index (χ2n) is 5.38. The first-order chi connectivity index (χ1) is 11.0. The largest absolute Gasteiger partial charge is 0.387 e. The zero-order valence-electron chi connectivity index (χ0n) is 12.3. The third-order valence-corrected chi connectivity index (χ3v) is 3.92. The van der Waals surface area contributed by atoms with Crippen molar-refractivity contribution in [3.05, 3.63) is 39.9 Å². The van der Waals surface area contributed by atoms with Crippen LogP contribution in [0.25, 0.3) is 0 Å². The van der Waals surface area contributed by atoms with Crippen LogP contribution in [-0.2, 0) is 18.9 Å². The number of non-ortho nitro benzene ring substituents is 1. The van der Waals surface area contributed by atoms with E-state index in [1.54, 1.807) is 6.07 Å². The van der Waals surface area contributed by atoms with E-state index in [1.807, 2.05) is 0 Å². The number of nitro groups is 1. The Kier molecular flexibility index (Phi) is 4.57. The van der Waals surface area contributed by atoms with Crippen molar-refractivity contribution >= 4 is 5.69 Å². The van der Waals surface area contributed by atoms with Crippen LogP contribution in [0.5, 0.6) is 0 Å². The Labute approximate surface area is 131 Å². The van der Waals surface area contributed by atoms with Gasteiger partial charge in [0.15, 0.2) is 12.6 Å². The summed E-state index contributed by atoms with van der Waals surface area (Å²) in [5.74, 6) is 0. The molecule has 0 saturated carbocycles. The maximum absolute atomic E-state index is 10.8. The minimum Gasteiger partial charge on any atom is -0.387 e. The lowest BCUT2D eigenvalue weighted by Crippen LogP contribution is -2.62. The smallest absolute Gasteiger partial charge is 0.269 e. The molecule has 1 aromatic carbocycles. The Morgan fingerprint density at radius 1 is 1.30 bits per heavy atom. The Bertz CT molecular complexity index is 580. The Hall–Kier alpha value is -1.62. The Morgan fingerprint density at radius 3 is 2.78 bits per heavy atom. The second kappa shape index (κ2) is 6.48. The molecule has 2 N–H and O–H groups in total. The summed E-state index contributed by atoms with van der Waals surface area (Å²) in [7, 11) is 1.36. The number of hydrogen-bond acceptors (Lipinski definition) is 8. The maximum atomic E-state index is 10.8. The molecule has 6 atom stereocenters. The number of nitro benzene ring substituents is 1. The highest BCUT2D eigenvalue weighted by atomic mass is 16.7. The van der Waals surface area contributed by atoms with Crippen LogP contribution in [0.1, 0.15) is 11.9 Å². The van der Waals surface area contributed by atoms with Crippen molar-refractivity contribution in [1.29, 1.82) is 0 Å². The van der Waals surface area contributed by atoms with Gasteiger partial charge in [-0.1, -0.05) is 12.1 Å². The molecule has 2 aliphatic heterocycles. The molecule has 2 heterocycles. The summed E-state index contributed by atoms with van der Waals surface area (Å²) in [5.41, 5.74) is 0.366. The van der Waals surface area contributed by atoms with Crippen molar-refractivity contribution in [2.75, 3.05) is 13.7 Å². The Morgan fingerprint density at radius 2 is 2.09 bits per heavy atom. The van der Waals surface area contributed by atoms with E-state index < -0.39 is 41.9 Å².